The number of phenolic OH excluding ortho intramolecular Hbond substituents is 1. The molecular formula is C29H35ClN2O7. The van der Waals surface area contributed by atoms with Gasteiger partial charge in [0.1, 0.15) is 22.8 Å². The summed E-state index contributed by atoms with van der Waals surface area (Å²) in [6.45, 7) is 1.41. The number of aliphatic hydroxyl groups excluding tert-OH is 2. The van der Waals surface area contributed by atoms with Gasteiger partial charge in [-0.05, 0) is 61.8 Å². The largest absolute Gasteiger partial charge is 0.511 e. The molecule has 4 aliphatic rings. The van der Waals surface area contributed by atoms with Crippen LogP contribution in [0.4, 0.5) is 0 Å². The topological polar surface area (TPSA) is 161 Å². The van der Waals surface area contributed by atoms with Gasteiger partial charge in [0.15, 0.2) is 11.4 Å². The average Bonchev–Trinajstić information content (AvgIpc) is 3.12. The van der Waals surface area contributed by atoms with Crippen LogP contribution in [-0.4, -0.2) is 62.0 Å². The number of allylic oxidation sites excluding steroid dienone is 2. The molecule has 4 aliphatic carbocycles. The number of phenols is 1. The summed E-state index contributed by atoms with van der Waals surface area (Å²) < 4.78 is 0. The molecule has 1 fully saturated rings. The number of halogens is 1. The lowest BCUT2D eigenvalue weighted by molar-refractivity contribution is -0.144. The van der Waals surface area contributed by atoms with Crippen LogP contribution < -0.4 is 5.73 Å². The maximum absolute atomic E-state index is 13.6. The van der Waals surface area contributed by atoms with Crippen LogP contribution in [0.1, 0.15) is 72.9 Å². The number of primary amides is 1. The summed E-state index contributed by atoms with van der Waals surface area (Å²) in [5, 5.41) is 44.1. The molecule has 0 heterocycles. The van der Waals surface area contributed by atoms with Gasteiger partial charge in [-0.2, -0.15) is 0 Å². The normalized spacial score (nSPS) is 27.8. The first-order chi connectivity index (χ1) is 18.4. The Morgan fingerprint density at radius 2 is 1.79 bits per heavy atom. The minimum Gasteiger partial charge on any atom is -0.511 e. The molecule has 1 saturated carbocycles. The lowest BCUT2D eigenvalue weighted by atomic mass is 9.60. The molecule has 1 amide bonds. The van der Waals surface area contributed by atoms with Gasteiger partial charge in [0.05, 0.1) is 5.56 Å². The Morgan fingerprint density at radius 3 is 2.44 bits per heavy atom. The summed E-state index contributed by atoms with van der Waals surface area (Å²) in [5.41, 5.74) is 2.78. The van der Waals surface area contributed by atoms with Crippen molar-refractivity contribution >= 4 is 29.1 Å². The van der Waals surface area contributed by atoms with Crippen LogP contribution >= 0.6 is 11.6 Å². The molecule has 1 aromatic carbocycles. The van der Waals surface area contributed by atoms with Gasteiger partial charge in [-0.3, -0.25) is 14.4 Å². The molecule has 0 aliphatic heterocycles. The van der Waals surface area contributed by atoms with E-state index in [0.29, 0.717) is 28.6 Å². The zero-order chi connectivity index (χ0) is 28.2. The number of nitrogens with two attached hydrogens (primary N) is 1. The van der Waals surface area contributed by atoms with Gasteiger partial charge in [0, 0.05) is 36.0 Å². The van der Waals surface area contributed by atoms with E-state index in [-0.39, 0.29) is 36.1 Å². The SMILES string of the molecule is CN(Cc1cc(O)c2c(c1Cl)CC1C[C@H]3CC(O)=C(C(N)=O)C(=O)[C@@]3(O)C(O)=C1C2=O)CC1CCCCCC1. The zero-order valence-electron chi connectivity index (χ0n) is 22.0. The fourth-order valence-electron chi connectivity index (χ4n) is 7.18. The third-order valence-electron chi connectivity index (χ3n) is 9.06. The van der Waals surface area contributed by atoms with Gasteiger partial charge < -0.3 is 31.1 Å². The first-order valence-electron chi connectivity index (χ1n) is 13.6. The summed E-state index contributed by atoms with van der Waals surface area (Å²) in [6.07, 6.45) is 7.44. The van der Waals surface area contributed by atoms with Crippen LogP contribution in [0.25, 0.3) is 0 Å². The first-order valence-corrected chi connectivity index (χ1v) is 14.0. The van der Waals surface area contributed by atoms with E-state index in [1.54, 1.807) is 0 Å². The van der Waals surface area contributed by atoms with E-state index in [1.807, 2.05) is 7.05 Å². The Balaban J connectivity index is 1.47. The second-order valence-electron chi connectivity index (χ2n) is 11.7. The van der Waals surface area contributed by atoms with Gasteiger partial charge in [0.25, 0.3) is 5.91 Å². The fourth-order valence-corrected chi connectivity index (χ4v) is 7.47. The summed E-state index contributed by atoms with van der Waals surface area (Å²) in [5.74, 6) is -5.86. The number of aromatic hydroxyl groups is 1. The van der Waals surface area contributed by atoms with Crippen molar-refractivity contribution in [3.8, 4) is 5.75 Å². The van der Waals surface area contributed by atoms with Crippen molar-refractivity contribution in [2.45, 2.75) is 69.9 Å². The molecule has 6 N–H and O–H groups in total. The lowest BCUT2D eigenvalue weighted by Crippen LogP contribution is -2.57. The molecule has 9 nitrogen and oxygen atoms in total. The van der Waals surface area contributed by atoms with E-state index in [4.69, 9.17) is 17.3 Å². The van der Waals surface area contributed by atoms with Gasteiger partial charge in [-0.15, -0.1) is 0 Å². The van der Waals surface area contributed by atoms with E-state index >= 15 is 0 Å². The van der Waals surface area contributed by atoms with Crippen molar-refractivity contribution in [3.63, 3.8) is 0 Å². The molecule has 0 saturated heterocycles. The van der Waals surface area contributed by atoms with E-state index in [0.717, 1.165) is 6.54 Å². The Labute approximate surface area is 231 Å². The number of rotatable bonds is 5. The third-order valence-corrected chi connectivity index (χ3v) is 9.53. The van der Waals surface area contributed by atoms with Crippen LogP contribution in [0.3, 0.4) is 0 Å². The van der Waals surface area contributed by atoms with Crippen molar-refractivity contribution in [1.82, 2.24) is 4.90 Å². The van der Waals surface area contributed by atoms with Crippen LogP contribution in [0, 0.1) is 17.8 Å². The Kier molecular flexibility index (Phi) is 7.28. The van der Waals surface area contributed by atoms with E-state index in [1.165, 1.54) is 44.6 Å². The van der Waals surface area contributed by atoms with Crippen LogP contribution in [-0.2, 0) is 22.6 Å². The predicted molar refractivity (Wildman–Crippen MR) is 143 cm³/mol. The number of benzene rings is 1. The Hall–Kier alpha value is -2.88. The van der Waals surface area contributed by atoms with Crippen molar-refractivity contribution in [1.29, 1.82) is 0 Å². The quantitative estimate of drug-likeness (QED) is 0.270. The minimum atomic E-state index is -2.57. The molecule has 0 bridgehead atoms. The molecule has 0 radical (unpaired) electrons. The number of Topliss-reactive ketones (excluding diaryl/α,β-unsaturated/α-hetero) is 2. The standard InChI is InChI=1S/C29H35ClN2O7/c1-32(12-14-6-4-2-3-5-7-14)13-16-10-19(33)22-18(24(16)30)9-15-8-17-11-20(34)23(28(31)38)27(37)29(17,39)26(36)21(15)25(22)35/h10,14-15,17,33-34,36,39H,2-9,11-13H2,1H3,(H2,31,38)/t15?,17-,29-/m0/s1. The number of amides is 1. The third kappa shape index (κ3) is 4.54. The first kappa shape index (κ1) is 27.7. The van der Waals surface area contributed by atoms with Gasteiger partial charge in [0.2, 0.25) is 5.78 Å². The number of ketones is 2. The highest BCUT2D eigenvalue weighted by molar-refractivity contribution is 6.33. The second kappa shape index (κ2) is 10.3. The molecule has 10 heteroatoms. The van der Waals surface area contributed by atoms with E-state index in [9.17, 15) is 34.8 Å². The zero-order valence-corrected chi connectivity index (χ0v) is 22.8. The molecular weight excluding hydrogens is 524 g/mol. The van der Waals surface area contributed by atoms with Gasteiger partial charge in [-0.1, -0.05) is 37.3 Å². The van der Waals surface area contributed by atoms with Crippen LogP contribution in [0.15, 0.2) is 28.7 Å². The maximum atomic E-state index is 13.6. The number of nitrogens with zero attached hydrogens (tertiary/aromatic N) is 1. The smallest absolute Gasteiger partial charge is 0.255 e. The molecule has 3 atom stereocenters. The molecule has 210 valence electrons. The van der Waals surface area contributed by atoms with Crippen molar-refractivity contribution in [2.24, 2.45) is 23.5 Å². The predicted octanol–water partition coefficient (Wildman–Crippen LogP) is 3.64. The maximum Gasteiger partial charge on any atom is 0.255 e. The Morgan fingerprint density at radius 1 is 1.13 bits per heavy atom. The monoisotopic (exact) mass is 558 g/mol. The second-order valence-corrected chi connectivity index (χ2v) is 12.1. The molecule has 5 rings (SSSR count). The van der Waals surface area contributed by atoms with E-state index < -0.39 is 52.0 Å². The highest BCUT2D eigenvalue weighted by Gasteiger charge is 2.59. The molecule has 0 aromatic heterocycles. The number of carbonyl (C=O) groups excluding carboxylic acids is 3. The summed E-state index contributed by atoms with van der Waals surface area (Å²) in [4.78, 5) is 40.7. The summed E-state index contributed by atoms with van der Waals surface area (Å²) in [7, 11) is 2.02. The number of hydrogen-bond acceptors (Lipinski definition) is 8. The number of carbonyl (C=O) groups is 3. The van der Waals surface area contributed by atoms with Gasteiger partial charge in [-0.25, -0.2) is 0 Å². The van der Waals surface area contributed by atoms with Crippen molar-refractivity contribution < 1.29 is 34.8 Å². The highest BCUT2D eigenvalue weighted by Crippen LogP contribution is 2.52. The van der Waals surface area contributed by atoms with Crippen LogP contribution in [0.5, 0.6) is 5.75 Å². The molecule has 39 heavy (non-hydrogen) atoms. The molecule has 1 aromatic rings. The van der Waals surface area contributed by atoms with Crippen molar-refractivity contribution in [2.75, 3.05) is 13.6 Å². The summed E-state index contributed by atoms with van der Waals surface area (Å²) >= 11 is 6.84. The molecule has 0 spiro atoms. The number of fused-ring (bicyclic) bond motifs is 3. The molecule has 1 unspecified atom stereocenters. The number of hydrogen-bond donors (Lipinski definition) is 5. The van der Waals surface area contributed by atoms with Crippen LogP contribution in [0.2, 0.25) is 5.02 Å². The average molecular weight is 559 g/mol. The Bertz CT molecular complexity index is 1310. The fraction of sp³-hybridized carbons (Fsp3) is 0.552. The van der Waals surface area contributed by atoms with Crippen molar-refractivity contribution in [3.05, 3.63) is 50.4 Å². The van der Waals surface area contributed by atoms with Gasteiger partial charge >= 0.3 is 0 Å². The summed E-state index contributed by atoms with van der Waals surface area (Å²) in [6, 6.07) is 1.47. The highest BCUT2D eigenvalue weighted by atomic mass is 35.5. The minimum absolute atomic E-state index is 0.0632. The van der Waals surface area contributed by atoms with E-state index in [2.05, 4.69) is 4.90 Å². The number of aliphatic hydroxyl groups is 3. The lowest BCUT2D eigenvalue weighted by Gasteiger charge is -2.45.